The second-order valence-corrected chi connectivity index (χ2v) is 6.59. The average Bonchev–Trinajstić information content (AvgIpc) is 2.72. The Morgan fingerprint density at radius 2 is 1.71 bits per heavy atom. The topological polar surface area (TPSA) is 66.0 Å². The summed E-state index contributed by atoms with van der Waals surface area (Å²) in [5, 5.41) is 6.08. The molecule has 0 fully saturated rings. The van der Waals surface area contributed by atoms with E-state index in [-0.39, 0.29) is 48.8 Å². The number of carbonyl (C=O) groups excluding carboxylic acids is 1. The van der Waals surface area contributed by atoms with Gasteiger partial charge in [0, 0.05) is 33.3 Å². The summed E-state index contributed by atoms with van der Waals surface area (Å²) < 4.78 is 44.2. The number of para-hydroxylation sites is 1. The van der Waals surface area contributed by atoms with E-state index in [4.69, 9.17) is 4.74 Å². The SMILES string of the molecule is CN=C(NCCOc1ccccc1C(F)(F)F)NCc1ccc(C(=O)N(C)C)cc1.I. The molecule has 1 amide bonds. The van der Waals surface area contributed by atoms with Gasteiger partial charge in [0.05, 0.1) is 12.1 Å². The van der Waals surface area contributed by atoms with Gasteiger partial charge in [-0.1, -0.05) is 24.3 Å². The van der Waals surface area contributed by atoms with Crippen molar-refractivity contribution in [2.75, 3.05) is 34.3 Å². The van der Waals surface area contributed by atoms with E-state index in [0.29, 0.717) is 18.1 Å². The maximum atomic E-state index is 13.0. The van der Waals surface area contributed by atoms with Crippen molar-refractivity contribution in [2.45, 2.75) is 12.7 Å². The fourth-order valence-corrected chi connectivity index (χ4v) is 2.59. The number of halogens is 4. The number of hydrogen-bond acceptors (Lipinski definition) is 3. The van der Waals surface area contributed by atoms with Gasteiger partial charge in [0.25, 0.3) is 5.91 Å². The lowest BCUT2D eigenvalue weighted by molar-refractivity contribution is -0.138. The highest BCUT2D eigenvalue weighted by atomic mass is 127. The van der Waals surface area contributed by atoms with Crippen molar-refractivity contribution in [3.63, 3.8) is 0 Å². The first-order valence-corrected chi connectivity index (χ1v) is 9.26. The Morgan fingerprint density at radius 3 is 2.29 bits per heavy atom. The van der Waals surface area contributed by atoms with E-state index in [1.54, 1.807) is 33.3 Å². The summed E-state index contributed by atoms with van der Waals surface area (Å²) in [6, 6.07) is 12.3. The molecule has 0 atom stereocenters. The number of carbonyl (C=O) groups is 1. The molecule has 0 bridgehead atoms. The van der Waals surface area contributed by atoms with Crippen molar-refractivity contribution >= 4 is 35.8 Å². The molecule has 170 valence electrons. The summed E-state index contributed by atoms with van der Waals surface area (Å²) in [6.45, 7) is 0.769. The van der Waals surface area contributed by atoms with Crippen molar-refractivity contribution in [2.24, 2.45) is 4.99 Å². The van der Waals surface area contributed by atoms with Crippen molar-refractivity contribution in [3.8, 4) is 5.75 Å². The molecule has 0 saturated carbocycles. The van der Waals surface area contributed by atoms with E-state index in [2.05, 4.69) is 15.6 Å². The van der Waals surface area contributed by atoms with Crippen LogP contribution in [0.15, 0.2) is 53.5 Å². The van der Waals surface area contributed by atoms with E-state index >= 15 is 0 Å². The molecule has 0 aliphatic heterocycles. The summed E-state index contributed by atoms with van der Waals surface area (Å²) >= 11 is 0. The molecule has 0 saturated heterocycles. The lowest BCUT2D eigenvalue weighted by atomic mass is 10.1. The van der Waals surface area contributed by atoms with Crippen LogP contribution in [0, 0.1) is 0 Å². The van der Waals surface area contributed by atoms with Crippen LogP contribution in [-0.4, -0.2) is 51.1 Å². The van der Waals surface area contributed by atoms with Crippen molar-refractivity contribution < 1.29 is 22.7 Å². The summed E-state index contributed by atoms with van der Waals surface area (Å²) in [4.78, 5) is 17.5. The highest BCUT2D eigenvalue weighted by Gasteiger charge is 2.33. The second-order valence-electron chi connectivity index (χ2n) is 6.59. The zero-order valence-electron chi connectivity index (χ0n) is 17.5. The average molecular weight is 550 g/mol. The minimum absolute atomic E-state index is 0. The zero-order chi connectivity index (χ0) is 22.1. The molecule has 0 spiro atoms. The van der Waals surface area contributed by atoms with Crippen LogP contribution in [0.4, 0.5) is 13.2 Å². The maximum Gasteiger partial charge on any atom is 0.419 e. The number of hydrogen-bond donors (Lipinski definition) is 2. The van der Waals surface area contributed by atoms with Crippen LogP contribution < -0.4 is 15.4 Å². The summed E-state index contributed by atoms with van der Waals surface area (Å²) in [5.41, 5.74) is 0.745. The molecule has 2 N–H and O–H groups in total. The van der Waals surface area contributed by atoms with Gasteiger partial charge in [-0.05, 0) is 29.8 Å². The Bertz CT molecular complexity index is 872. The first-order chi connectivity index (χ1) is 14.2. The molecule has 6 nitrogen and oxygen atoms in total. The largest absolute Gasteiger partial charge is 0.491 e. The smallest absolute Gasteiger partial charge is 0.419 e. The predicted octanol–water partition coefficient (Wildman–Crippen LogP) is 3.77. The molecule has 2 rings (SSSR count). The molecule has 2 aromatic carbocycles. The van der Waals surface area contributed by atoms with Crippen LogP contribution >= 0.6 is 24.0 Å². The molecular formula is C21H26F3IN4O2. The van der Waals surface area contributed by atoms with Gasteiger partial charge in [-0.3, -0.25) is 9.79 Å². The molecular weight excluding hydrogens is 524 g/mol. The molecule has 0 aromatic heterocycles. The fourth-order valence-electron chi connectivity index (χ4n) is 2.59. The molecule has 0 unspecified atom stereocenters. The van der Waals surface area contributed by atoms with E-state index in [0.717, 1.165) is 11.6 Å². The highest BCUT2D eigenvalue weighted by Crippen LogP contribution is 2.35. The maximum absolute atomic E-state index is 13.0. The minimum Gasteiger partial charge on any atom is -0.491 e. The lowest BCUT2D eigenvalue weighted by Gasteiger charge is -2.15. The second kappa shape index (κ2) is 12.4. The van der Waals surface area contributed by atoms with Crippen molar-refractivity contribution in [1.82, 2.24) is 15.5 Å². The number of guanidine groups is 1. The number of alkyl halides is 3. The number of nitrogens with one attached hydrogen (secondary N) is 2. The third-order valence-electron chi connectivity index (χ3n) is 4.14. The Morgan fingerprint density at radius 1 is 1.06 bits per heavy atom. The Kier molecular flexibility index (Phi) is 10.6. The number of aliphatic imine (C=N–C) groups is 1. The van der Waals surface area contributed by atoms with Gasteiger partial charge in [0.15, 0.2) is 5.96 Å². The summed E-state index contributed by atoms with van der Waals surface area (Å²) in [7, 11) is 4.98. The quantitative estimate of drug-likeness (QED) is 0.239. The number of nitrogens with zero attached hydrogens (tertiary/aromatic N) is 2. The van der Waals surface area contributed by atoms with Gasteiger partial charge in [0.1, 0.15) is 12.4 Å². The third kappa shape index (κ3) is 8.27. The Hall–Kier alpha value is -2.50. The number of ether oxygens (including phenoxy) is 1. The fraction of sp³-hybridized carbons (Fsp3) is 0.333. The standard InChI is InChI=1S/C21H25F3N4O2.HI/c1-25-20(27-14-15-8-10-16(11-9-15)19(29)28(2)3)26-12-13-30-18-7-5-4-6-17(18)21(22,23)24;/h4-11H,12-14H2,1-3H3,(H2,25,26,27);1H. The Labute approximate surface area is 196 Å². The van der Waals surface area contributed by atoms with Gasteiger partial charge in [0.2, 0.25) is 0 Å². The predicted molar refractivity (Wildman–Crippen MR) is 125 cm³/mol. The Balaban J connectivity index is 0.00000480. The van der Waals surface area contributed by atoms with Crippen LogP contribution in [0.5, 0.6) is 5.75 Å². The number of benzene rings is 2. The van der Waals surface area contributed by atoms with Crippen molar-refractivity contribution in [1.29, 1.82) is 0 Å². The van der Waals surface area contributed by atoms with Gasteiger partial charge in [-0.25, -0.2) is 0 Å². The number of rotatable bonds is 7. The van der Waals surface area contributed by atoms with E-state index in [9.17, 15) is 18.0 Å². The molecule has 31 heavy (non-hydrogen) atoms. The first-order valence-electron chi connectivity index (χ1n) is 9.26. The molecule has 2 aromatic rings. The van der Waals surface area contributed by atoms with Crippen LogP contribution in [0.1, 0.15) is 21.5 Å². The van der Waals surface area contributed by atoms with E-state index < -0.39 is 11.7 Å². The monoisotopic (exact) mass is 550 g/mol. The number of amides is 1. The summed E-state index contributed by atoms with van der Waals surface area (Å²) in [6.07, 6.45) is -4.46. The molecule has 0 aliphatic carbocycles. The van der Waals surface area contributed by atoms with E-state index in [1.165, 1.54) is 23.1 Å². The van der Waals surface area contributed by atoms with Gasteiger partial charge < -0.3 is 20.3 Å². The first kappa shape index (κ1) is 26.5. The van der Waals surface area contributed by atoms with Gasteiger partial charge in [-0.2, -0.15) is 13.2 Å². The van der Waals surface area contributed by atoms with Crippen LogP contribution in [0.3, 0.4) is 0 Å². The van der Waals surface area contributed by atoms with Gasteiger partial charge >= 0.3 is 6.18 Å². The molecule has 0 heterocycles. The van der Waals surface area contributed by atoms with E-state index in [1.807, 2.05) is 12.1 Å². The third-order valence-corrected chi connectivity index (χ3v) is 4.14. The van der Waals surface area contributed by atoms with Crippen molar-refractivity contribution in [3.05, 3.63) is 65.2 Å². The van der Waals surface area contributed by atoms with Crippen LogP contribution in [-0.2, 0) is 12.7 Å². The van der Waals surface area contributed by atoms with Crippen LogP contribution in [0.25, 0.3) is 0 Å². The summed E-state index contributed by atoms with van der Waals surface area (Å²) in [5.74, 6) is 0.206. The molecule has 0 radical (unpaired) electrons. The zero-order valence-corrected chi connectivity index (χ0v) is 19.8. The minimum atomic E-state index is -4.46. The molecule has 0 aliphatic rings. The molecule has 10 heteroatoms. The van der Waals surface area contributed by atoms with Crippen LogP contribution in [0.2, 0.25) is 0 Å². The van der Waals surface area contributed by atoms with Gasteiger partial charge in [-0.15, -0.1) is 24.0 Å². The highest BCUT2D eigenvalue weighted by molar-refractivity contribution is 14.0. The lowest BCUT2D eigenvalue weighted by Crippen LogP contribution is -2.38. The normalized spacial score (nSPS) is 11.4.